The number of piperazine rings is 1. The monoisotopic (exact) mass is 319 g/mol. The minimum Gasteiger partial charge on any atom is -0.338 e. The van der Waals surface area contributed by atoms with Crippen LogP contribution in [-0.2, 0) is 11.3 Å². The fraction of sp³-hybridized carbons (Fsp3) is 0.429. The lowest BCUT2D eigenvalue weighted by Gasteiger charge is -2.34. The zero-order valence-electron chi connectivity index (χ0n) is 12.3. The molecule has 22 heavy (non-hydrogen) atoms. The van der Waals surface area contributed by atoms with E-state index in [4.69, 9.17) is 0 Å². The molecule has 0 saturated carbocycles. The quantitative estimate of drug-likeness (QED) is 0.817. The van der Waals surface area contributed by atoms with E-state index in [1.54, 1.807) is 28.7 Å². The average Bonchev–Trinajstić information content (AvgIpc) is 2.88. The number of carbonyl (C=O) groups is 1. The summed E-state index contributed by atoms with van der Waals surface area (Å²) in [5.74, 6) is 0.678. The summed E-state index contributed by atoms with van der Waals surface area (Å²) in [7, 11) is 0. The molecule has 0 aromatic carbocycles. The van der Waals surface area contributed by atoms with E-state index in [0.717, 1.165) is 17.0 Å². The molecule has 1 amide bonds. The second-order valence-electron chi connectivity index (χ2n) is 5.15. The molecular weight excluding hydrogens is 302 g/mol. The molecule has 2 aromatic rings. The summed E-state index contributed by atoms with van der Waals surface area (Å²) >= 11 is 1.13. The molecular formula is C14H17N5O2S. The van der Waals surface area contributed by atoms with Crippen molar-refractivity contribution in [3.8, 4) is 0 Å². The maximum atomic E-state index is 12.3. The lowest BCUT2D eigenvalue weighted by molar-refractivity contribution is -0.132. The third-order valence-electron chi connectivity index (χ3n) is 3.74. The van der Waals surface area contributed by atoms with Crippen molar-refractivity contribution < 1.29 is 4.79 Å². The van der Waals surface area contributed by atoms with Gasteiger partial charge in [0.25, 0.3) is 0 Å². The van der Waals surface area contributed by atoms with E-state index < -0.39 is 0 Å². The second kappa shape index (κ2) is 6.27. The van der Waals surface area contributed by atoms with Crippen LogP contribution in [0.2, 0.25) is 0 Å². The van der Waals surface area contributed by atoms with Crippen LogP contribution in [-0.4, -0.2) is 51.5 Å². The van der Waals surface area contributed by atoms with Crippen LogP contribution in [0.15, 0.2) is 28.6 Å². The number of anilines is 1. The molecule has 0 radical (unpaired) electrons. The summed E-state index contributed by atoms with van der Waals surface area (Å²) < 4.78 is 1.53. The number of carbonyl (C=O) groups excluding carboxylic acids is 1. The highest BCUT2D eigenvalue weighted by molar-refractivity contribution is 7.07. The predicted octanol–water partition coefficient (Wildman–Crippen LogP) is 0.357. The number of thiazole rings is 1. The van der Waals surface area contributed by atoms with Gasteiger partial charge in [0.05, 0.1) is 0 Å². The zero-order chi connectivity index (χ0) is 15.5. The number of amides is 1. The fourth-order valence-corrected chi connectivity index (χ4v) is 3.18. The Kier molecular flexibility index (Phi) is 4.19. The van der Waals surface area contributed by atoms with E-state index in [1.165, 1.54) is 4.57 Å². The minimum absolute atomic E-state index is 0.0165. The molecule has 0 bridgehead atoms. The van der Waals surface area contributed by atoms with Gasteiger partial charge >= 0.3 is 4.87 Å². The van der Waals surface area contributed by atoms with Gasteiger partial charge < -0.3 is 9.80 Å². The molecule has 1 fully saturated rings. The predicted molar refractivity (Wildman–Crippen MR) is 84.1 cm³/mol. The van der Waals surface area contributed by atoms with Gasteiger partial charge in [-0.2, -0.15) is 0 Å². The van der Waals surface area contributed by atoms with Crippen LogP contribution >= 0.6 is 11.3 Å². The number of aryl methyl sites for hydroxylation is 1. The SMILES string of the molecule is Cc1csc(=O)n1CC(=O)N1CCN(c2ncccn2)CC1. The third kappa shape index (κ3) is 3.01. The van der Waals surface area contributed by atoms with Gasteiger partial charge in [0.15, 0.2) is 0 Å². The van der Waals surface area contributed by atoms with Crippen LogP contribution in [0, 0.1) is 6.92 Å². The summed E-state index contributed by atoms with van der Waals surface area (Å²) in [6.07, 6.45) is 3.43. The van der Waals surface area contributed by atoms with E-state index >= 15 is 0 Å². The summed E-state index contributed by atoms with van der Waals surface area (Å²) in [5.41, 5.74) is 0.833. The Labute approximate surface area is 131 Å². The molecule has 0 atom stereocenters. The van der Waals surface area contributed by atoms with Gasteiger partial charge in [-0.25, -0.2) is 9.97 Å². The molecule has 7 nitrogen and oxygen atoms in total. The molecule has 0 aliphatic carbocycles. The summed E-state index contributed by atoms with van der Waals surface area (Å²) in [5, 5.41) is 1.78. The molecule has 1 aliphatic rings. The van der Waals surface area contributed by atoms with Crippen molar-refractivity contribution in [1.82, 2.24) is 19.4 Å². The van der Waals surface area contributed by atoms with Crippen LogP contribution < -0.4 is 9.77 Å². The van der Waals surface area contributed by atoms with E-state index in [2.05, 4.69) is 14.9 Å². The van der Waals surface area contributed by atoms with E-state index in [9.17, 15) is 9.59 Å². The van der Waals surface area contributed by atoms with Crippen molar-refractivity contribution in [3.05, 3.63) is 39.2 Å². The van der Waals surface area contributed by atoms with Crippen molar-refractivity contribution >= 4 is 23.2 Å². The highest BCUT2D eigenvalue weighted by Gasteiger charge is 2.23. The van der Waals surface area contributed by atoms with Crippen molar-refractivity contribution in [3.63, 3.8) is 0 Å². The highest BCUT2D eigenvalue weighted by atomic mass is 32.1. The number of nitrogens with zero attached hydrogens (tertiary/aromatic N) is 5. The molecule has 0 spiro atoms. The number of aromatic nitrogens is 3. The topological polar surface area (TPSA) is 71.3 Å². The maximum Gasteiger partial charge on any atom is 0.307 e. The van der Waals surface area contributed by atoms with Gasteiger partial charge in [-0.15, -0.1) is 0 Å². The normalized spacial score (nSPS) is 15.1. The van der Waals surface area contributed by atoms with Crippen LogP contribution in [0.25, 0.3) is 0 Å². The lowest BCUT2D eigenvalue weighted by Crippen LogP contribution is -2.50. The third-order valence-corrected chi connectivity index (χ3v) is 4.62. The standard InChI is InChI=1S/C14H17N5O2S/c1-11-10-22-14(21)19(11)9-12(20)17-5-7-18(8-6-17)13-15-3-2-4-16-13/h2-4,10H,5-9H2,1H3. The molecule has 2 aromatic heterocycles. The summed E-state index contributed by atoms with van der Waals surface area (Å²) in [4.78, 5) is 36.2. The fourth-order valence-electron chi connectivity index (χ4n) is 2.44. The number of hydrogen-bond donors (Lipinski definition) is 0. The molecule has 3 heterocycles. The molecule has 1 saturated heterocycles. The van der Waals surface area contributed by atoms with E-state index in [-0.39, 0.29) is 17.3 Å². The molecule has 1 aliphatic heterocycles. The van der Waals surface area contributed by atoms with Gasteiger partial charge in [0.1, 0.15) is 6.54 Å². The Balaban J connectivity index is 1.59. The zero-order valence-corrected chi connectivity index (χ0v) is 13.1. The first-order chi connectivity index (χ1) is 10.6. The highest BCUT2D eigenvalue weighted by Crippen LogP contribution is 2.10. The maximum absolute atomic E-state index is 12.3. The molecule has 8 heteroatoms. The van der Waals surface area contributed by atoms with E-state index in [1.807, 2.05) is 6.92 Å². The summed E-state index contributed by atoms with van der Waals surface area (Å²) in [6, 6.07) is 1.78. The first-order valence-corrected chi connectivity index (χ1v) is 7.98. The second-order valence-corrected chi connectivity index (χ2v) is 5.97. The van der Waals surface area contributed by atoms with E-state index in [0.29, 0.717) is 32.1 Å². The number of hydrogen-bond acceptors (Lipinski definition) is 6. The minimum atomic E-state index is -0.0813. The van der Waals surface area contributed by atoms with Crippen LogP contribution in [0.3, 0.4) is 0 Å². The van der Waals surface area contributed by atoms with Gasteiger partial charge in [-0.05, 0) is 13.0 Å². The molecule has 0 N–H and O–H groups in total. The van der Waals surface area contributed by atoms with Crippen molar-refractivity contribution in [1.29, 1.82) is 0 Å². The molecule has 3 rings (SSSR count). The van der Waals surface area contributed by atoms with Gasteiger partial charge in [0, 0.05) is 49.6 Å². The Morgan fingerprint density at radius 3 is 2.50 bits per heavy atom. The first kappa shape index (κ1) is 14.7. The lowest BCUT2D eigenvalue weighted by atomic mass is 10.3. The average molecular weight is 319 g/mol. The molecule has 0 unspecified atom stereocenters. The van der Waals surface area contributed by atoms with Crippen LogP contribution in [0.5, 0.6) is 0 Å². The smallest absolute Gasteiger partial charge is 0.307 e. The number of rotatable bonds is 3. The van der Waals surface area contributed by atoms with Gasteiger partial charge in [-0.1, -0.05) is 11.3 Å². The first-order valence-electron chi connectivity index (χ1n) is 7.10. The van der Waals surface area contributed by atoms with Crippen LogP contribution in [0.4, 0.5) is 5.95 Å². The Morgan fingerprint density at radius 1 is 1.23 bits per heavy atom. The Morgan fingerprint density at radius 2 is 1.91 bits per heavy atom. The summed E-state index contributed by atoms with van der Waals surface area (Å²) in [6.45, 7) is 4.61. The van der Waals surface area contributed by atoms with Gasteiger partial charge in [-0.3, -0.25) is 14.2 Å². The Bertz CT molecular complexity index is 704. The van der Waals surface area contributed by atoms with Crippen LogP contribution in [0.1, 0.15) is 5.69 Å². The molecule has 116 valence electrons. The van der Waals surface area contributed by atoms with Gasteiger partial charge in [0.2, 0.25) is 11.9 Å². The Hall–Kier alpha value is -2.22. The van der Waals surface area contributed by atoms with Crippen molar-refractivity contribution in [2.24, 2.45) is 0 Å². The largest absolute Gasteiger partial charge is 0.338 e. The van der Waals surface area contributed by atoms with Crippen molar-refractivity contribution in [2.75, 3.05) is 31.1 Å². The van der Waals surface area contributed by atoms with Crippen molar-refractivity contribution in [2.45, 2.75) is 13.5 Å².